The lowest BCUT2D eigenvalue weighted by Gasteiger charge is -2.31. The van der Waals surface area contributed by atoms with Crippen LogP contribution in [0, 0.1) is 5.92 Å². The number of amides is 1. The van der Waals surface area contributed by atoms with Crippen LogP contribution in [0.15, 0.2) is 30.3 Å². The van der Waals surface area contributed by atoms with Gasteiger partial charge in [0.25, 0.3) is 0 Å². The molecule has 10 heteroatoms. The molecule has 0 spiro atoms. The normalized spacial score (nSPS) is 19.9. The predicted molar refractivity (Wildman–Crippen MR) is 110 cm³/mol. The smallest absolute Gasteiger partial charge is 0.248 e. The molecule has 0 radical (unpaired) electrons. The van der Waals surface area contributed by atoms with Gasteiger partial charge in [-0.3, -0.25) is 4.79 Å². The minimum atomic E-state index is -0.379. The Kier molecular flexibility index (Phi) is 9.48. The summed E-state index contributed by atoms with van der Waals surface area (Å²) in [4.78, 5) is 12.7. The van der Waals surface area contributed by atoms with Gasteiger partial charge in [-0.25, -0.2) is 0 Å². The summed E-state index contributed by atoms with van der Waals surface area (Å²) in [6.45, 7) is 5.99. The van der Waals surface area contributed by atoms with Gasteiger partial charge in [0.2, 0.25) is 11.9 Å². The largest absolute Gasteiger partial charge is 0.351 e. The summed E-state index contributed by atoms with van der Waals surface area (Å²) in [7, 11) is 0. The van der Waals surface area contributed by atoms with E-state index in [1.807, 2.05) is 37.3 Å². The van der Waals surface area contributed by atoms with Gasteiger partial charge in [-0.15, -0.1) is 24.8 Å². The first-order valence-electron chi connectivity index (χ1n) is 8.80. The summed E-state index contributed by atoms with van der Waals surface area (Å²) in [6.07, 6.45) is 1.60. The van der Waals surface area contributed by atoms with Crippen LogP contribution in [-0.4, -0.2) is 51.3 Å². The molecule has 0 bridgehead atoms. The lowest BCUT2D eigenvalue weighted by atomic mass is 9.95. The number of para-hydroxylation sites is 1. The van der Waals surface area contributed by atoms with Gasteiger partial charge in [0, 0.05) is 6.04 Å². The van der Waals surface area contributed by atoms with E-state index in [0.717, 1.165) is 25.2 Å². The lowest BCUT2D eigenvalue weighted by molar-refractivity contribution is -0.123. The monoisotopic (exact) mass is 415 g/mol. The highest BCUT2D eigenvalue weighted by Crippen LogP contribution is 2.14. The van der Waals surface area contributed by atoms with Crippen molar-refractivity contribution < 1.29 is 4.79 Å². The maximum atomic E-state index is 12.7. The summed E-state index contributed by atoms with van der Waals surface area (Å²) in [5, 5.41) is 21.5. The molecule has 1 aromatic heterocycles. The summed E-state index contributed by atoms with van der Waals surface area (Å²) >= 11 is 0. The minimum absolute atomic E-state index is 0. The van der Waals surface area contributed by atoms with Crippen molar-refractivity contribution in [1.29, 1.82) is 0 Å². The number of carbonyl (C=O) groups is 1. The van der Waals surface area contributed by atoms with Crippen molar-refractivity contribution in [1.82, 2.24) is 30.8 Å². The second-order valence-corrected chi connectivity index (χ2v) is 6.44. The number of carbonyl (C=O) groups excluding carboxylic acids is 1. The number of aromatic nitrogens is 4. The Labute approximate surface area is 171 Å². The van der Waals surface area contributed by atoms with Crippen molar-refractivity contribution in [2.24, 2.45) is 5.92 Å². The first-order valence-corrected chi connectivity index (χ1v) is 8.80. The Balaban J connectivity index is 0.00000182. The van der Waals surface area contributed by atoms with Gasteiger partial charge in [0.05, 0.1) is 5.69 Å². The summed E-state index contributed by atoms with van der Waals surface area (Å²) in [5.41, 5.74) is 0.845. The van der Waals surface area contributed by atoms with Crippen LogP contribution in [0.3, 0.4) is 0 Å². The van der Waals surface area contributed by atoms with Crippen LogP contribution in [0.1, 0.15) is 26.7 Å². The Morgan fingerprint density at radius 2 is 2.07 bits per heavy atom. The maximum Gasteiger partial charge on any atom is 0.248 e. The number of anilines is 1. The molecular formula is C17H27Cl2N7O. The van der Waals surface area contributed by atoms with E-state index in [1.54, 1.807) is 4.68 Å². The molecule has 1 saturated heterocycles. The minimum Gasteiger partial charge on any atom is -0.351 e. The number of benzene rings is 1. The number of nitrogens with one attached hydrogen (secondary N) is 3. The second kappa shape index (κ2) is 11.1. The molecule has 1 amide bonds. The number of tetrazole rings is 1. The number of hydrogen-bond donors (Lipinski definition) is 3. The molecular weight excluding hydrogens is 389 g/mol. The highest BCUT2D eigenvalue weighted by molar-refractivity contribution is 5.85. The highest BCUT2D eigenvalue weighted by Gasteiger charge is 2.26. The van der Waals surface area contributed by atoms with E-state index in [0.29, 0.717) is 18.3 Å². The number of piperidine rings is 1. The van der Waals surface area contributed by atoms with Crippen LogP contribution in [0.4, 0.5) is 5.95 Å². The molecule has 1 aromatic carbocycles. The molecule has 8 nitrogen and oxygen atoms in total. The second-order valence-electron chi connectivity index (χ2n) is 6.44. The van der Waals surface area contributed by atoms with Crippen molar-refractivity contribution in [3.63, 3.8) is 0 Å². The van der Waals surface area contributed by atoms with Crippen molar-refractivity contribution in [3.05, 3.63) is 30.3 Å². The number of hydrogen-bond acceptors (Lipinski definition) is 6. The molecule has 2 heterocycles. The summed E-state index contributed by atoms with van der Waals surface area (Å²) in [5.74, 6) is 0.875. The van der Waals surface area contributed by atoms with Crippen molar-refractivity contribution in [2.45, 2.75) is 38.8 Å². The van der Waals surface area contributed by atoms with Crippen molar-refractivity contribution in [3.8, 4) is 5.69 Å². The van der Waals surface area contributed by atoms with Crippen LogP contribution in [0.5, 0.6) is 0 Å². The first-order chi connectivity index (χ1) is 12.2. The molecule has 0 aliphatic carbocycles. The van der Waals surface area contributed by atoms with Gasteiger partial charge in [-0.1, -0.05) is 37.1 Å². The molecule has 2 aromatic rings. The standard InChI is InChI=1S/C17H25N7O.2ClH/c1-3-14(16(25)19-15-9-10-18-11-12(15)2)20-17-21-22-23-24(17)13-7-5-4-6-8-13;;/h4-8,12,14-15,18H,3,9-11H2,1-2H3,(H,19,25)(H,20,21,23);2*1H. The van der Waals surface area contributed by atoms with E-state index >= 15 is 0 Å². The van der Waals surface area contributed by atoms with Gasteiger partial charge >= 0.3 is 0 Å². The SMILES string of the molecule is CCC(Nc1nnnn1-c1ccccc1)C(=O)NC1CCNCC1C.Cl.Cl. The van der Waals surface area contributed by atoms with Gasteiger partial charge in [0.1, 0.15) is 6.04 Å². The van der Waals surface area contributed by atoms with E-state index < -0.39 is 0 Å². The summed E-state index contributed by atoms with van der Waals surface area (Å²) < 4.78 is 1.60. The molecule has 3 unspecified atom stereocenters. The van der Waals surface area contributed by atoms with E-state index in [9.17, 15) is 4.79 Å². The molecule has 150 valence electrons. The van der Waals surface area contributed by atoms with E-state index in [-0.39, 0.29) is 42.8 Å². The van der Waals surface area contributed by atoms with E-state index in [4.69, 9.17) is 0 Å². The van der Waals surface area contributed by atoms with E-state index in [1.165, 1.54) is 0 Å². The Bertz CT molecular complexity index is 698. The molecule has 3 atom stereocenters. The quantitative estimate of drug-likeness (QED) is 0.665. The average Bonchev–Trinajstić information content (AvgIpc) is 3.10. The predicted octanol–water partition coefficient (Wildman–Crippen LogP) is 1.81. The summed E-state index contributed by atoms with van der Waals surface area (Å²) in [6, 6.07) is 9.43. The van der Waals surface area contributed by atoms with E-state index in [2.05, 4.69) is 38.4 Å². The third-order valence-electron chi connectivity index (χ3n) is 4.61. The van der Waals surface area contributed by atoms with Crippen LogP contribution in [0.2, 0.25) is 0 Å². The van der Waals surface area contributed by atoms with Crippen LogP contribution in [0.25, 0.3) is 5.69 Å². The molecule has 1 fully saturated rings. The average molecular weight is 416 g/mol. The van der Waals surface area contributed by atoms with Gasteiger partial charge in [0.15, 0.2) is 0 Å². The zero-order valence-corrected chi connectivity index (χ0v) is 17.1. The Hall–Kier alpha value is -1.90. The number of nitrogens with zero attached hydrogens (tertiary/aromatic N) is 4. The maximum absolute atomic E-state index is 12.7. The number of halogens is 2. The highest BCUT2D eigenvalue weighted by atomic mass is 35.5. The lowest BCUT2D eigenvalue weighted by Crippen LogP contribution is -2.52. The third kappa shape index (κ3) is 5.79. The van der Waals surface area contributed by atoms with Gasteiger partial charge in [-0.05, 0) is 54.4 Å². The van der Waals surface area contributed by atoms with Crippen LogP contribution in [-0.2, 0) is 4.79 Å². The van der Waals surface area contributed by atoms with Gasteiger partial charge in [-0.2, -0.15) is 4.68 Å². The fourth-order valence-corrected chi connectivity index (χ4v) is 3.04. The van der Waals surface area contributed by atoms with Crippen molar-refractivity contribution >= 4 is 36.7 Å². The zero-order valence-electron chi connectivity index (χ0n) is 15.5. The fraction of sp³-hybridized carbons (Fsp3) is 0.529. The molecule has 3 rings (SSSR count). The molecule has 1 aliphatic heterocycles. The Morgan fingerprint density at radius 1 is 1.33 bits per heavy atom. The zero-order chi connectivity index (χ0) is 17.6. The molecule has 1 aliphatic rings. The molecule has 3 N–H and O–H groups in total. The fourth-order valence-electron chi connectivity index (χ4n) is 3.04. The molecule has 0 saturated carbocycles. The van der Waals surface area contributed by atoms with Crippen LogP contribution < -0.4 is 16.0 Å². The van der Waals surface area contributed by atoms with Crippen molar-refractivity contribution in [2.75, 3.05) is 18.4 Å². The van der Waals surface area contributed by atoms with Gasteiger partial charge < -0.3 is 16.0 Å². The third-order valence-corrected chi connectivity index (χ3v) is 4.61. The number of rotatable bonds is 6. The Morgan fingerprint density at radius 3 is 2.74 bits per heavy atom. The topological polar surface area (TPSA) is 96.8 Å². The first kappa shape index (κ1) is 23.1. The molecule has 27 heavy (non-hydrogen) atoms. The van der Waals surface area contributed by atoms with Crippen LogP contribution >= 0.6 is 24.8 Å².